The van der Waals surface area contributed by atoms with Crippen molar-refractivity contribution in [3.63, 3.8) is 0 Å². The zero-order valence-corrected chi connectivity index (χ0v) is 8.42. The highest BCUT2D eigenvalue weighted by Crippen LogP contribution is 2.19. The second-order valence-corrected chi connectivity index (χ2v) is 3.76. The molecule has 14 heavy (non-hydrogen) atoms. The summed E-state index contributed by atoms with van der Waals surface area (Å²) >= 11 is 0. The van der Waals surface area contributed by atoms with Gasteiger partial charge in [-0.05, 0) is 38.3 Å². The zero-order chi connectivity index (χ0) is 9.64. The lowest BCUT2D eigenvalue weighted by molar-refractivity contribution is 0.663. The maximum absolute atomic E-state index is 3.90. The number of nitrogens with one attached hydrogen (secondary N) is 2. The molecule has 3 nitrogen and oxygen atoms in total. The largest absolute Gasteiger partial charge is 0.311 e. The lowest BCUT2D eigenvalue weighted by Gasteiger charge is -2.03. The van der Waals surface area contributed by atoms with E-state index < -0.39 is 0 Å². The highest BCUT2D eigenvalue weighted by Gasteiger charge is 2.03. The molecular formula is C11H17N3. The van der Waals surface area contributed by atoms with Gasteiger partial charge in [0.15, 0.2) is 0 Å². The summed E-state index contributed by atoms with van der Waals surface area (Å²) < 4.78 is 0. The molecule has 0 unspecified atom stereocenters. The van der Waals surface area contributed by atoms with Gasteiger partial charge in [-0.3, -0.25) is 5.10 Å². The SMILES string of the molecule is C1=C(CCNCc2ccn[nH]2)CCC1. The van der Waals surface area contributed by atoms with Crippen molar-refractivity contribution in [1.29, 1.82) is 0 Å². The van der Waals surface area contributed by atoms with Gasteiger partial charge in [0.05, 0.1) is 0 Å². The third kappa shape index (κ3) is 2.70. The lowest BCUT2D eigenvalue weighted by atomic mass is 10.2. The molecule has 2 rings (SSSR count). The summed E-state index contributed by atoms with van der Waals surface area (Å²) in [6.45, 7) is 1.97. The molecule has 0 saturated heterocycles. The molecule has 0 atom stereocenters. The van der Waals surface area contributed by atoms with Crippen LogP contribution < -0.4 is 5.32 Å². The molecule has 0 saturated carbocycles. The van der Waals surface area contributed by atoms with E-state index in [1.807, 2.05) is 6.07 Å². The van der Waals surface area contributed by atoms with Crippen molar-refractivity contribution >= 4 is 0 Å². The molecule has 76 valence electrons. The molecule has 0 radical (unpaired) electrons. The van der Waals surface area contributed by atoms with Crippen molar-refractivity contribution in [2.45, 2.75) is 32.2 Å². The van der Waals surface area contributed by atoms with Gasteiger partial charge in [-0.15, -0.1) is 0 Å². The normalized spacial score (nSPS) is 15.9. The Morgan fingerprint density at radius 2 is 2.50 bits per heavy atom. The second kappa shape index (κ2) is 4.96. The first kappa shape index (κ1) is 9.46. The van der Waals surface area contributed by atoms with Crippen molar-refractivity contribution in [2.75, 3.05) is 6.54 Å². The van der Waals surface area contributed by atoms with Crippen molar-refractivity contribution in [3.8, 4) is 0 Å². The Labute approximate surface area is 84.6 Å². The van der Waals surface area contributed by atoms with Crippen LogP contribution in [0.2, 0.25) is 0 Å². The Morgan fingerprint density at radius 3 is 3.21 bits per heavy atom. The van der Waals surface area contributed by atoms with Crippen LogP contribution in [0, 0.1) is 0 Å². The van der Waals surface area contributed by atoms with Gasteiger partial charge in [0.25, 0.3) is 0 Å². The van der Waals surface area contributed by atoms with E-state index in [1.54, 1.807) is 11.8 Å². The number of allylic oxidation sites excluding steroid dienone is 1. The first-order valence-electron chi connectivity index (χ1n) is 5.32. The lowest BCUT2D eigenvalue weighted by Crippen LogP contribution is -2.15. The summed E-state index contributed by atoms with van der Waals surface area (Å²) in [7, 11) is 0. The van der Waals surface area contributed by atoms with E-state index in [-0.39, 0.29) is 0 Å². The van der Waals surface area contributed by atoms with Crippen LogP contribution in [-0.4, -0.2) is 16.7 Å². The molecule has 1 aliphatic rings. The van der Waals surface area contributed by atoms with Crippen LogP contribution in [0.3, 0.4) is 0 Å². The van der Waals surface area contributed by atoms with Crippen LogP contribution in [0.25, 0.3) is 0 Å². The average molecular weight is 191 g/mol. The van der Waals surface area contributed by atoms with Gasteiger partial charge in [-0.1, -0.05) is 11.6 Å². The second-order valence-electron chi connectivity index (χ2n) is 3.76. The summed E-state index contributed by atoms with van der Waals surface area (Å²) in [4.78, 5) is 0. The van der Waals surface area contributed by atoms with Crippen LogP contribution in [0.15, 0.2) is 23.9 Å². The molecular weight excluding hydrogens is 174 g/mol. The smallest absolute Gasteiger partial charge is 0.0490 e. The van der Waals surface area contributed by atoms with Gasteiger partial charge in [0.2, 0.25) is 0 Å². The Balaban J connectivity index is 1.59. The predicted octanol–water partition coefficient (Wildman–Crippen LogP) is 2.00. The van der Waals surface area contributed by atoms with Crippen LogP contribution in [0.1, 0.15) is 31.4 Å². The summed E-state index contributed by atoms with van der Waals surface area (Å²) in [5, 5.41) is 10.2. The fourth-order valence-corrected chi connectivity index (χ4v) is 1.82. The summed E-state index contributed by atoms with van der Waals surface area (Å²) in [6.07, 6.45) is 9.33. The zero-order valence-electron chi connectivity index (χ0n) is 8.42. The van der Waals surface area contributed by atoms with E-state index in [2.05, 4.69) is 21.6 Å². The maximum atomic E-state index is 3.90. The van der Waals surface area contributed by atoms with Gasteiger partial charge in [0.1, 0.15) is 0 Å². The van der Waals surface area contributed by atoms with E-state index in [1.165, 1.54) is 25.7 Å². The molecule has 0 amide bonds. The Hall–Kier alpha value is -1.09. The molecule has 0 fully saturated rings. The van der Waals surface area contributed by atoms with Crippen LogP contribution in [0.5, 0.6) is 0 Å². The van der Waals surface area contributed by atoms with Crippen molar-refractivity contribution in [2.24, 2.45) is 0 Å². The van der Waals surface area contributed by atoms with Gasteiger partial charge in [0, 0.05) is 18.4 Å². The van der Waals surface area contributed by atoms with Crippen LogP contribution in [-0.2, 0) is 6.54 Å². The summed E-state index contributed by atoms with van der Waals surface area (Å²) in [5.74, 6) is 0. The first-order chi connectivity index (χ1) is 6.95. The quantitative estimate of drug-likeness (QED) is 0.552. The Bertz CT molecular complexity index is 287. The molecule has 1 heterocycles. The minimum atomic E-state index is 0.896. The molecule has 3 heteroatoms. The molecule has 0 bridgehead atoms. The predicted molar refractivity (Wildman–Crippen MR) is 56.8 cm³/mol. The van der Waals surface area contributed by atoms with E-state index in [0.29, 0.717) is 0 Å². The summed E-state index contributed by atoms with van der Waals surface area (Å²) in [5.41, 5.74) is 2.78. The number of aromatic nitrogens is 2. The number of rotatable bonds is 5. The van der Waals surface area contributed by atoms with Crippen LogP contribution in [0.4, 0.5) is 0 Å². The number of hydrogen-bond acceptors (Lipinski definition) is 2. The minimum absolute atomic E-state index is 0.896. The van der Waals surface area contributed by atoms with E-state index in [4.69, 9.17) is 0 Å². The van der Waals surface area contributed by atoms with Gasteiger partial charge >= 0.3 is 0 Å². The van der Waals surface area contributed by atoms with Gasteiger partial charge < -0.3 is 5.32 Å². The molecule has 1 aromatic rings. The third-order valence-corrected chi connectivity index (χ3v) is 2.63. The van der Waals surface area contributed by atoms with E-state index in [9.17, 15) is 0 Å². The highest BCUT2D eigenvalue weighted by molar-refractivity contribution is 5.07. The fourth-order valence-electron chi connectivity index (χ4n) is 1.82. The number of hydrogen-bond donors (Lipinski definition) is 2. The maximum Gasteiger partial charge on any atom is 0.0490 e. The van der Waals surface area contributed by atoms with Crippen molar-refractivity contribution in [3.05, 3.63) is 29.6 Å². The van der Waals surface area contributed by atoms with Crippen molar-refractivity contribution < 1.29 is 0 Å². The van der Waals surface area contributed by atoms with E-state index in [0.717, 1.165) is 18.8 Å². The van der Waals surface area contributed by atoms with Crippen molar-refractivity contribution in [1.82, 2.24) is 15.5 Å². The van der Waals surface area contributed by atoms with E-state index >= 15 is 0 Å². The van der Waals surface area contributed by atoms with Gasteiger partial charge in [-0.2, -0.15) is 5.10 Å². The first-order valence-corrected chi connectivity index (χ1v) is 5.32. The monoisotopic (exact) mass is 191 g/mol. The van der Waals surface area contributed by atoms with Gasteiger partial charge in [-0.25, -0.2) is 0 Å². The number of nitrogens with zero attached hydrogens (tertiary/aromatic N) is 1. The van der Waals surface area contributed by atoms with Crippen LogP contribution >= 0.6 is 0 Å². The summed E-state index contributed by atoms with van der Waals surface area (Å²) in [6, 6.07) is 2.00. The number of aromatic amines is 1. The third-order valence-electron chi connectivity index (χ3n) is 2.63. The molecule has 0 aliphatic heterocycles. The number of H-pyrrole nitrogens is 1. The standard InChI is InChI=1S/C11H17N3/c1-2-4-10(3-1)5-7-12-9-11-6-8-13-14-11/h3,6,8,12H,1-2,4-5,7,9H2,(H,13,14). The average Bonchev–Trinajstić information content (AvgIpc) is 2.86. The fraction of sp³-hybridized carbons (Fsp3) is 0.545. The minimum Gasteiger partial charge on any atom is -0.311 e. The molecule has 2 N–H and O–H groups in total. The molecule has 0 aromatic carbocycles. The molecule has 1 aliphatic carbocycles. The highest BCUT2D eigenvalue weighted by atomic mass is 15.1. The molecule has 1 aromatic heterocycles. The molecule has 0 spiro atoms. The Kier molecular flexibility index (Phi) is 3.35. The Morgan fingerprint density at radius 1 is 1.50 bits per heavy atom. The topological polar surface area (TPSA) is 40.7 Å².